The third kappa shape index (κ3) is 3.70. The maximum Gasteiger partial charge on any atom is 0.0628 e. The standard InChI is InChI=1S/C14H25N3/c1-6-10(2)9-13(15)7-8-14-11(3)16-17(5)12(14)4/h13H,2,6-9,15H2,1,3-5H3. The summed E-state index contributed by atoms with van der Waals surface area (Å²) in [5.41, 5.74) is 11.1. The third-order valence-corrected chi connectivity index (χ3v) is 3.47. The molecule has 0 radical (unpaired) electrons. The molecule has 1 unspecified atom stereocenters. The number of hydrogen-bond acceptors (Lipinski definition) is 2. The minimum atomic E-state index is 0.224. The average molecular weight is 235 g/mol. The van der Waals surface area contributed by atoms with Gasteiger partial charge in [-0.2, -0.15) is 5.10 Å². The SMILES string of the molecule is C=C(CC)CC(N)CCc1c(C)nn(C)c1C. The summed E-state index contributed by atoms with van der Waals surface area (Å²) in [6.45, 7) is 10.3. The minimum absolute atomic E-state index is 0.224. The highest BCUT2D eigenvalue weighted by Crippen LogP contribution is 2.16. The normalized spacial score (nSPS) is 12.8. The van der Waals surface area contributed by atoms with E-state index in [0.29, 0.717) is 0 Å². The Hall–Kier alpha value is -1.09. The van der Waals surface area contributed by atoms with Gasteiger partial charge in [0.25, 0.3) is 0 Å². The van der Waals surface area contributed by atoms with Crippen molar-refractivity contribution in [3.8, 4) is 0 Å². The number of hydrogen-bond donors (Lipinski definition) is 1. The Balaban J connectivity index is 2.53. The van der Waals surface area contributed by atoms with Crippen molar-refractivity contribution in [3.63, 3.8) is 0 Å². The van der Waals surface area contributed by atoms with Crippen molar-refractivity contribution >= 4 is 0 Å². The molecule has 0 saturated heterocycles. The molecular formula is C14H25N3. The first kappa shape index (κ1) is 14.0. The number of nitrogens with two attached hydrogens (primary N) is 1. The van der Waals surface area contributed by atoms with Crippen LogP contribution in [-0.4, -0.2) is 15.8 Å². The van der Waals surface area contributed by atoms with Gasteiger partial charge in [0, 0.05) is 18.8 Å². The number of nitrogens with zero attached hydrogens (tertiary/aromatic N) is 2. The lowest BCUT2D eigenvalue weighted by molar-refractivity contribution is 0.599. The van der Waals surface area contributed by atoms with E-state index in [1.807, 2.05) is 11.7 Å². The summed E-state index contributed by atoms with van der Waals surface area (Å²) in [7, 11) is 1.99. The second kappa shape index (κ2) is 6.01. The highest BCUT2D eigenvalue weighted by atomic mass is 15.3. The molecule has 1 aromatic rings. The van der Waals surface area contributed by atoms with Crippen LogP contribution in [0.2, 0.25) is 0 Å². The van der Waals surface area contributed by atoms with Gasteiger partial charge in [-0.15, -0.1) is 0 Å². The molecule has 1 atom stereocenters. The molecule has 0 fully saturated rings. The van der Waals surface area contributed by atoms with Crippen LogP contribution in [0.3, 0.4) is 0 Å². The summed E-state index contributed by atoms with van der Waals surface area (Å²) in [5.74, 6) is 0. The van der Waals surface area contributed by atoms with Crippen LogP contribution >= 0.6 is 0 Å². The Labute approximate surface area is 105 Å². The summed E-state index contributed by atoms with van der Waals surface area (Å²) in [4.78, 5) is 0. The maximum absolute atomic E-state index is 6.12. The molecule has 2 N–H and O–H groups in total. The van der Waals surface area contributed by atoms with Crippen molar-refractivity contribution in [1.82, 2.24) is 9.78 Å². The summed E-state index contributed by atoms with van der Waals surface area (Å²) in [5, 5.41) is 4.42. The first-order chi connectivity index (χ1) is 7.95. The van der Waals surface area contributed by atoms with Crippen LogP contribution in [-0.2, 0) is 13.5 Å². The molecule has 3 heteroatoms. The maximum atomic E-state index is 6.12. The lowest BCUT2D eigenvalue weighted by Gasteiger charge is -2.12. The van der Waals surface area contributed by atoms with Crippen molar-refractivity contribution in [1.29, 1.82) is 0 Å². The first-order valence-electron chi connectivity index (χ1n) is 6.37. The molecule has 1 aromatic heterocycles. The van der Waals surface area contributed by atoms with Crippen LogP contribution in [0.4, 0.5) is 0 Å². The van der Waals surface area contributed by atoms with E-state index in [1.54, 1.807) is 0 Å². The van der Waals surface area contributed by atoms with E-state index < -0.39 is 0 Å². The number of rotatable bonds is 6. The molecule has 1 heterocycles. The van der Waals surface area contributed by atoms with Crippen molar-refractivity contribution in [3.05, 3.63) is 29.1 Å². The summed E-state index contributed by atoms with van der Waals surface area (Å²) < 4.78 is 1.95. The van der Waals surface area contributed by atoms with Gasteiger partial charge in [0.05, 0.1) is 5.69 Å². The lowest BCUT2D eigenvalue weighted by Crippen LogP contribution is -2.21. The van der Waals surface area contributed by atoms with Crippen LogP contribution < -0.4 is 5.73 Å². The molecule has 0 amide bonds. The van der Waals surface area contributed by atoms with Gasteiger partial charge < -0.3 is 5.73 Å². The Morgan fingerprint density at radius 3 is 2.59 bits per heavy atom. The smallest absolute Gasteiger partial charge is 0.0628 e. The van der Waals surface area contributed by atoms with Crippen molar-refractivity contribution in [2.75, 3.05) is 0 Å². The van der Waals surface area contributed by atoms with Gasteiger partial charge in [-0.25, -0.2) is 0 Å². The zero-order valence-corrected chi connectivity index (χ0v) is 11.6. The highest BCUT2D eigenvalue weighted by molar-refractivity contribution is 5.24. The van der Waals surface area contributed by atoms with Crippen LogP contribution in [0, 0.1) is 13.8 Å². The zero-order chi connectivity index (χ0) is 13.0. The van der Waals surface area contributed by atoms with Gasteiger partial charge >= 0.3 is 0 Å². The largest absolute Gasteiger partial charge is 0.327 e. The van der Waals surface area contributed by atoms with Gasteiger partial charge in [0.15, 0.2) is 0 Å². The Morgan fingerprint density at radius 2 is 2.12 bits per heavy atom. The van der Waals surface area contributed by atoms with Crippen LogP contribution in [0.25, 0.3) is 0 Å². The fourth-order valence-electron chi connectivity index (χ4n) is 2.13. The van der Waals surface area contributed by atoms with E-state index in [2.05, 4.69) is 32.4 Å². The van der Waals surface area contributed by atoms with Crippen LogP contribution in [0.1, 0.15) is 43.1 Å². The second-order valence-electron chi connectivity index (χ2n) is 4.88. The topological polar surface area (TPSA) is 43.8 Å². The van der Waals surface area contributed by atoms with E-state index >= 15 is 0 Å². The van der Waals surface area contributed by atoms with Gasteiger partial charge in [-0.1, -0.05) is 19.1 Å². The Kier molecular flexibility index (Phi) is 4.94. The van der Waals surface area contributed by atoms with Gasteiger partial charge in [0.1, 0.15) is 0 Å². The summed E-state index contributed by atoms with van der Waals surface area (Å²) >= 11 is 0. The highest BCUT2D eigenvalue weighted by Gasteiger charge is 2.11. The predicted molar refractivity (Wildman–Crippen MR) is 73.0 cm³/mol. The fraction of sp³-hybridized carbons (Fsp3) is 0.643. The van der Waals surface area contributed by atoms with E-state index in [0.717, 1.165) is 31.4 Å². The molecule has 96 valence electrons. The fourth-order valence-corrected chi connectivity index (χ4v) is 2.13. The number of aromatic nitrogens is 2. The molecule has 17 heavy (non-hydrogen) atoms. The summed E-state index contributed by atoms with van der Waals surface area (Å²) in [6, 6.07) is 0.224. The van der Waals surface area contributed by atoms with Gasteiger partial charge in [-0.05, 0) is 45.1 Å². The zero-order valence-electron chi connectivity index (χ0n) is 11.6. The third-order valence-electron chi connectivity index (χ3n) is 3.47. The molecule has 0 saturated carbocycles. The lowest BCUT2D eigenvalue weighted by atomic mass is 9.99. The van der Waals surface area contributed by atoms with Crippen LogP contribution in [0.15, 0.2) is 12.2 Å². The molecular weight excluding hydrogens is 210 g/mol. The predicted octanol–water partition coefficient (Wildman–Crippen LogP) is 2.65. The molecule has 3 nitrogen and oxygen atoms in total. The molecule has 0 bridgehead atoms. The Bertz CT molecular complexity index is 390. The number of aryl methyl sites for hydroxylation is 2. The monoisotopic (exact) mass is 235 g/mol. The van der Waals surface area contributed by atoms with Crippen molar-refractivity contribution in [2.24, 2.45) is 12.8 Å². The molecule has 0 aliphatic heterocycles. The van der Waals surface area contributed by atoms with Crippen LogP contribution in [0.5, 0.6) is 0 Å². The second-order valence-corrected chi connectivity index (χ2v) is 4.88. The van der Waals surface area contributed by atoms with E-state index in [1.165, 1.54) is 16.8 Å². The quantitative estimate of drug-likeness (QED) is 0.770. The van der Waals surface area contributed by atoms with E-state index in [9.17, 15) is 0 Å². The Morgan fingerprint density at radius 1 is 1.47 bits per heavy atom. The van der Waals surface area contributed by atoms with E-state index in [-0.39, 0.29) is 6.04 Å². The molecule has 0 spiro atoms. The molecule has 0 aliphatic carbocycles. The molecule has 1 rings (SSSR count). The van der Waals surface area contributed by atoms with Gasteiger partial charge in [0.2, 0.25) is 0 Å². The first-order valence-corrected chi connectivity index (χ1v) is 6.37. The van der Waals surface area contributed by atoms with Gasteiger partial charge in [-0.3, -0.25) is 4.68 Å². The average Bonchev–Trinajstić information content (AvgIpc) is 2.51. The van der Waals surface area contributed by atoms with Crippen molar-refractivity contribution < 1.29 is 0 Å². The molecule has 0 aromatic carbocycles. The summed E-state index contributed by atoms with van der Waals surface area (Å²) in [6.07, 6.45) is 3.99. The minimum Gasteiger partial charge on any atom is -0.327 e. The molecule has 0 aliphatic rings. The van der Waals surface area contributed by atoms with E-state index in [4.69, 9.17) is 5.73 Å². The van der Waals surface area contributed by atoms with Crippen molar-refractivity contribution in [2.45, 2.75) is 52.5 Å².